The van der Waals surface area contributed by atoms with Crippen LogP contribution in [-0.4, -0.2) is 39.1 Å². The first-order valence-corrected chi connectivity index (χ1v) is 10.00. The number of carbonyl (C=O) groups excluding carboxylic acids is 1. The molecule has 6 nitrogen and oxygen atoms in total. The van der Waals surface area contributed by atoms with Crippen molar-refractivity contribution in [2.75, 3.05) is 18.8 Å². The van der Waals surface area contributed by atoms with E-state index in [0.29, 0.717) is 11.7 Å². The topological polar surface area (TPSA) is 76.2 Å². The molecule has 1 saturated heterocycles. The lowest BCUT2D eigenvalue weighted by Crippen LogP contribution is -2.50. The molecule has 3 heterocycles. The van der Waals surface area contributed by atoms with Gasteiger partial charge in [0.25, 0.3) is 0 Å². The second kappa shape index (κ2) is 7.47. The maximum absolute atomic E-state index is 12.3. The predicted molar refractivity (Wildman–Crippen MR) is 109 cm³/mol. The maximum Gasteiger partial charge on any atom is 0.317 e. The molecule has 2 aromatic rings. The van der Waals surface area contributed by atoms with Crippen LogP contribution in [0.25, 0.3) is 10.9 Å². The van der Waals surface area contributed by atoms with Crippen molar-refractivity contribution in [3.8, 4) is 0 Å². The van der Waals surface area contributed by atoms with E-state index in [1.807, 2.05) is 31.9 Å². The number of nitrogens with two attached hydrogens (primary N) is 1. The summed E-state index contributed by atoms with van der Waals surface area (Å²) >= 11 is 3.52. The molecule has 26 heavy (non-hydrogen) atoms. The van der Waals surface area contributed by atoms with Crippen LogP contribution in [0.4, 0.5) is 10.6 Å². The van der Waals surface area contributed by atoms with Gasteiger partial charge < -0.3 is 20.5 Å². The molecule has 0 spiro atoms. The number of rotatable bonds is 3. The molecule has 0 aliphatic carbocycles. The number of aromatic nitrogens is 2. The molecule has 0 unspecified atom stereocenters. The second-order valence-electron chi connectivity index (χ2n) is 8.16. The summed E-state index contributed by atoms with van der Waals surface area (Å²) in [5.41, 5.74) is 6.78. The summed E-state index contributed by atoms with van der Waals surface area (Å²) in [6, 6.07) is 2.14. The quantitative estimate of drug-likeness (QED) is 0.786. The van der Waals surface area contributed by atoms with Crippen LogP contribution in [0.2, 0.25) is 0 Å². The minimum absolute atomic E-state index is 0.0564. The molecule has 2 aromatic heterocycles. The van der Waals surface area contributed by atoms with Gasteiger partial charge in [-0.1, -0.05) is 0 Å². The lowest BCUT2D eigenvalue weighted by molar-refractivity contribution is 0.160. The van der Waals surface area contributed by atoms with Gasteiger partial charge in [-0.2, -0.15) is 0 Å². The van der Waals surface area contributed by atoms with Gasteiger partial charge in [-0.3, -0.25) is 0 Å². The van der Waals surface area contributed by atoms with Crippen molar-refractivity contribution in [2.24, 2.45) is 5.92 Å². The van der Waals surface area contributed by atoms with Gasteiger partial charge in [-0.05, 0) is 67.9 Å². The minimum atomic E-state index is -0.185. The first kappa shape index (κ1) is 19.0. The number of pyridine rings is 1. The summed E-state index contributed by atoms with van der Waals surface area (Å²) in [6.45, 7) is 8.67. The Bertz CT molecular complexity index is 787. The Kier molecular flexibility index (Phi) is 5.46. The molecule has 0 atom stereocenters. The number of piperidine rings is 1. The molecular formula is C19H28BrN5O. The van der Waals surface area contributed by atoms with Gasteiger partial charge in [0.15, 0.2) is 0 Å². The van der Waals surface area contributed by atoms with Gasteiger partial charge >= 0.3 is 6.03 Å². The fourth-order valence-corrected chi connectivity index (χ4v) is 3.92. The van der Waals surface area contributed by atoms with E-state index in [-0.39, 0.29) is 11.6 Å². The monoisotopic (exact) mass is 421 g/mol. The highest BCUT2D eigenvalue weighted by molar-refractivity contribution is 9.10. The Labute approximate surface area is 163 Å². The minimum Gasteiger partial charge on any atom is -0.383 e. The summed E-state index contributed by atoms with van der Waals surface area (Å²) in [7, 11) is 0. The first-order valence-electron chi connectivity index (χ1n) is 9.20. The van der Waals surface area contributed by atoms with Crippen molar-refractivity contribution in [1.29, 1.82) is 0 Å². The number of nitrogens with zero attached hydrogens (tertiary/aromatic N) is 3. The number of nitrogens with one attached hydrogen (secondary N) is 1. The van der Waals surface area contributed by atoms with Crippen molar-refractivity contribution in [2.45, 2.75) is 52.1 Å². The molecule has 0 bridgehead atoms. The van der Waals surface area contributed by atoms with Crippen LogP contribution in [0.1, 0.15) is 40.0 Å². The number of nitrogen functional groups attached to an aromatic ring is 1. The number of anilines is 1. The molecule has 0 radical (unpaired) electrons. The third-order valence-electron chi connectivity index (χ3n) is 4.96. The molecule has 0 saturated carbocycles. The van der Waals surface area contributed by atoms with E-state index in [0.717, 1.165) is 54.3 Å². The largest absolute Gasteiger partial charge is 0.383 e. The second-order valence-corrected chi connectivity index (χ2v) is 8.96. The average Bonchev–Trinajstić information content (AvgIpc) is 2.99. The Morgan fingerprint density at radius 3 is 2.73 bits per heavy atom. The number of amides is 2. The summed E-state index contributed by atoms with van der Waals surface area (Å²) in [5.74, 6) is 1.17. The fraction of sp³-hybridized carbons (Fsp3) is 0.579. The number of aryl methyl sites for hydroxylation is 1. The molecule has 1 aliphatic heterocycles. The van der Waals surface area contributed by atoms with E-state index in [2.05, 4.69) is 43.1 Å². The third kappa shape index (κ3) is 4.31. The van der Waals surface area contributed by atoms with Crippen LogP contribution < -0.4 is 11.1 Å². The molecule has 3 N–H and O–H groups in total. The zero-order valence-corrected chi connectivity index (χ0v) is 17.3. The molecule has 142 valence electrons. The summed E-state index contributed by atoms with van der Waals surface area (Å²) in [5, 5.41) is 4.15. The first-order chi connectivity index (χ1) is 12.2. The third-order valence-corrected chi connectivity index (χ3v) is 5.79. The Morgan fingerprint density at radius 1 is 1.38 bits per heavy atom. The number of likely N-dealkylation sites (tertiary alicyclic amines) is 1. The van der Waals surface area contributed by atoms with E-state index < -0.39 is 0 Å². The maximum atomic E-state index is 12.3. The van der Waals surface area contributed by atoms with Gasteiger partial charge in [0.1, 0.15) is 5.82 Å². The van der Waals surface area contributed by atoms with Gasteiger partial charge in [-0.15, -0.1) is 0 Å². The zero-order chi connectivity index (χ0) is 18.9. The Hall–Kier alpha value is -1.76. The number of hydrogen-bond donors (Lipinski definition) is 2. The molecule has 0 aromatic carbocycles. The highest BCUT2D eigenvalue weighted by atomic mass is 79.9. The standard InChI is InChI=1S/C19H28BrN5O/c1-19(2,3)23-18(26)25-9-5-13(6-10-25)4-8-24-11-7-14-15(24)12-22-17(21)16(14)20/h7,11-13H,4-6,8-10H2,1-3H3,(H2,21,22)(H,23,26). The van der Waals surface area contributed by atoms with Crippen LogP contribution in [0.3, 0.4) is 0 Å². The normalized spacial score (nSPS) is 16.2. The van der Waals surface area contributed by atoms with Crippen LogP contribution in [0, 0.1) is 5.92 Å². The van der Waals surface area contributed by atoms with Gasteiger partial charge in [-0.25, -0.2) is 9.78 Å². The number of fused-ring (bicyclic) bond motifs is 1. The van der Waals surface area contributed by atoms with Crippen molar-refractivity contribution < 1.29 is 4.79 Å². The number of halogens is 1. The van der Waals surface area contributed by atoms with Crippen molar-refractivity contribution in [3.05, 3.63) is 22.9 Å². The summed E-state index contributed by atoms with van der Waals surface area (Å²) in [6.07, 6.45) is 7.18. The van der Waals surface area contributed by atoms with E-state index in [9.17, 15) is 4.79 Å². The number of carbonyl (C=O) groups is 1. The Balaban J connectivity index is 1.53. The average molecular weight is 422 g/mol. The Morgan fingerprint density at radius 2 is 2.08 bits per heavy atom. The molecule has 2 amide bonds. The lowest BCUT2D eigenvalue weighted by Gasteiger charge is -2.34. The van der Waals surface area contributed by atoms with E-state index >= 15 is 0 Å². The summed E-state index contributed by atoms with van der Waals surface area (Å²) in [4.78, 5) is 18.5. The van der Waals surface area contributed by atoms with Crippen molar-refractivity contribution >= 4 is 38.7 Å². The van der Waals surface area contributed by atoms with Crippen LogP contribution in [-0.2, 0) is 6.54 Å². The lowest BCUT2D eigenvalue weighted by atomic mass is 9.93. The van der Waals surface area contributed by atoms with E-state index in [1.54, 1.807) is 0 Å². The van der Waals surface area contributed by atoms with Crippen LogP contribution in [0.5, 0.6) is 0 Å². The van der Waals surface area contributed by atoms with Crippen LogP contribution in [0.15, 0.2) is 22.9 Å². The molecule has 7 heteroatoms. The fourth-order valence-electron chi connectivity index (χ4n) is 3.48. The SMILES string of the molecule is CC(C)(C)NC(=O)N1CCC(CCn2ccc3c(Br)c(N)ncc32)CC1. The molecule has 1 fully saturated rings. The van der Waals surface area contributed by atoms with Crippen molar-refractivity contribution in [1.82, 2.24) is 19.8 Å². The van der Waals surface area contributed by atoms with Gasteiger partial charge in [0.05, 0.1) is 16.2 Å². The highest BCUT2D eigenvalue weighted by Crippen LogP contribution is 2.29. The highest BCUT2D eigenvalue weighted by Gasteiger charge is 2.25. The van der Waals surface area contributed by atoms with E-state index in [1.165, 1.54) is 0 Å². The molecule has 3 rings (SSSR count). The zero-order valence-electron chi connectivity index (χ0n) is 15.8. The van der Waals surface area contributed by atoms with Gasteiger partial charge in [0, 0.05) is 36.8 Å². The smallest absolute Gasteiger partial charge is 0.317 e. The summed E-state index contributed by atoms with van der Waals surface area (Å²) < 4.78 is 3.11. The van der Waals surface area contributed by atoms with Gasteiger partial charge in [0.2, 0.25) is 0 Å². The predicted octanol–water partition coefficient (Wildman–Crippen LogP) is 3.99. The molecule has 1 aliphatic rings. The number of urea groups is 1. The number of hydrogen-bond acceptors (Lipinski definition) is 3. The van der Waals surface area contributed by atoms with Crippen LogP contribution >= 0.6 is 15.9 Å². The van der Waals surface area contributed by atoms with E-state index in [4.69, 9.17) is 5.73 Å². The molecular weight excluding hydrogens is 394 g/mol. The van der Waals surface area contributed by atoms with Crippen molar-refractivity contribution in [3.63, 3.8) is 0 Å².